The van der Waals surface area contributed by atoms with E-state index in [0.717, 1.165) is 6.42 Å². The summed E-state index contributed by atoms with van der Waals surface area (Å²) in [5, 5.41) is 1.32. The van der Waals surface area contributed by atoms with Crippen molar-refractivity contribution in [2.45, 2.75) is 117 Å². The molecule has 1 amide bonds. The predicted molar refractivity (Wildman–Crippen MR) is 101 cm³/mol. The zero-order chi connectivity index (χ0) is 17.2. The topological polar surface area (TPSA) is 46.3 Å². The van der Waals surface area contributed by atoms with E-state index >= 15 is 0 Å². The Morgan fingerprint density at radius 2 is 1.00 bits per heavy atom. The maximum absolute atomic E-state index is 11.5. The van der Waals surface area contributed by atoms with Gasteiger partial charge in [-0.25, -0.2) is 5.84 Å². The molecule has 0 spiro atoms. The minimum absolute atomic E-state index is 0.0854. The largest absolute Gasteiger partial charge is 0.281 e. The van der Waals surface area contributed by atoms with Crippen LogP contribution in [0, 0.1) is 0 Å². The lowest BCUT2D eigenvalue weighted by molar-refractivity contribution is -0.131. The molecule has 0 aromatic heterocycles. The molecule has 0 rings (SSSR count). The summed E-state index contributed by atoms with van der Waals surface area (Å²) in [7, 11) is 0. The van der Waals surface area contributed by atoms with Crippen LogP contribution in [-0.2, 0) is 4.79 Å². The zero-order valence-electron chi connectivity index (χ0n) is 16.0. The van der Waals surface area contributed by atoms with E-state index in [9.17, 15) is 4.79 Å². The molecule has 0 saturated carbocycles. The molecule has 3 nitrogen and oxygen atoms in total. The van der Waals surface area contributed by atoms with Crippen molar-refractivity contribution in [2.24, 2.45) is 5.84 Å². The van der Waals surface area contributed by atoms with Crippen LogP contribution < -0.4 is 5.84 Å². The van der Waals surface area contributed by atoms with Gasteiger partial charge in [0.15, 0.2) is 0 Å². The fourth-order valence-electron chi connectivity index (χ4n) is 2.97. The molecule has 0 fully saturated rings. The number of carbonyl (C=O) groups excluding carboxylic acids is 1. The highest BCUT2D eigenvalue weighted by Crippen LogP contribution is 2.13. The van der Waals surface area contributed by atoms with Gasteiger partial charge in [-0.05, 0) is 13.3 Å². The van der Waals surface area contributed by atoms with Crippen LogP contribution in [0.3, 0.4) is 0 Å². The van der Waals surface area contributed by atoms with Gasteiger partial charge in [-0.3, -0.25) is 9.80 Å². The van der Waals surface area contributed by atoms with Crippen molar-refractivity contribution in [3.05, 3.63) is 0 Å². The third-order valence-corrected chi connectivity index (χ3v) is 4.66. The summed E-state index contributed by atoms with van der Waals surface area (Å²) in [5.74, 6) is 5.65. The summed E-state index contributed by atoms with van der Waals surface area (Å²) in [5.41, 5.74) is 0. The maximum atomic E-state index is 11.5. The molecular weight excluding hydrogens is 284 g/mol. The van der Waals surface area contributed by atoms with Crippen molar-refractivity contribution in [2.75, 3.05) is 6.54 Å². The van der Waals surface area contributed by atoms with E-state index in [0.29, 0.717) is 13.0 Å². The van der Waals surface area contributed by atoms with Crippen molar-refractivity contribution in [3.63, 3.8) is 0 Å². The maximum Gasteiger partial charge on any atom is 0.236 e. The van der Waals surface area contributed by atoms with E-state index in [1.54, 1.807) is 0 Å². The second kappa shape index (κ2) is 17.8. The fourth-order valence-corrected chi connectivity index (χ4v) is 2.97. The van der Waals surface area contributed by atoms with Gasteiger partial charge in [0.1, 0.15) is 0 Å². The number of hydrogen-bond acceptors (Lipinski definition) is 2. The van der Waals surface area contributed by atoms with Crippen molar-refractivity contribution < 1.29 is 4.79 Å². The molecule has 0 aliphatic rings. The lowest BCUT2D eigenvalue weighted by Gasteiger charge is -2.13. The van der Waals surface area contributed by atoms with E-state index in [2.05, 4.69) is 6.92 Å². The van der Waals surface area contributed by atoms with E-state index in [1.165, 1.54) is 94.9 Å². The van der Waals surface area contributed by atoms with E-state index in [-0.39, 0.29) is 5.91 Å². The molecule has 3 heteroatoms. The molecule has 0 aliphatic heterocycles. The Balaban J connectivity index is 3.09. The Morgan fingerprint density at radius 3 is 1.35 bits per heavy atom. The quantitative estimate of drug-likeness (QED) is 0.155. The lowest BCUT2D eigenvalue weighted by Crippen LogP contribution is -2.36. The normalized spacial score (nSPS) is 10.9. The predicted octanol–water partition coefficient (Wildman–Crippen LogP) is 5.97. The summed E-state index contributed by atoms with van der Waals surface area (Å²) in [4.78, 5) is 11.5. The van der Waals surface area contributed by atoms with Gasteiger partial charge in [0.2, 0.25) is 5.91 Å². The van der Waals surface area contributed by atoms with Crippen molar-refractivity contribution in [3.8, 4) is 0 Å². The van der Waals surface area contributed by atoms with Crippen LogP contribution in [0.1, 0.15) is 117 Å². The third-order valence-electron chi connectivity index (χ3n) is 4.66. The molecule has 0 aliphatic carbocycles. The molecule has 0 heterocycles. The number of nitrogens with zero attached hydrogens (tertiary/aromatic N) is 1. The standard InChI is InChI=1S/C20H42N2O/c1-3-5-6-7-8-9-10-11-12-13-14-15-16-17-18-19-20(23)22(21)4-2/h3-19,21H2,1-2H3. The Bertz CT molecular complexity index is 256. The van der Waals surface area contributed by atoms with Gasteiger partial charge in [0, 0.05) is 13.0 Å². The molecule has 138 valence electrons. The van der Waals surface area contributed by atoms with E-state index < -0.39 is 0 Å². The van der Waals surface area contributed by atoms with Crippen LogP contribution in [0.5, 0.6) is 0 Å². The van der Waals surface area contributed by atoms with Crippen LogP contribution in [0.15, 0.2) is 0 Å². The van der Waals surface area contributed by atoms with Gasteiger partial charge in [-0.1, -0.05) is 96.8 Å². The number of nitrogens with two attached hydrogens (primary N) is 1. The monoisotopic (exact) mass is 326 g/mol. The third kappa shape index (κ3) is 16.1. The van der Waals surface area contributed by atoms with Crippen LogP contribution in [0.4, 0.5) is 0 Å². The second-order valence-electron chi connectivity index (χ2n) is 6.88. The zero-order valence-corrected chi connectivity index (χ0v) is 16.0. The van der Waals surface area contributed by atoms with Crippen molar-refractivity contribution in [1.29, 1.82) is 0 Å². The number of rotatable bonds is 17. The minimum Gasteiger partial charge on any atom is -0.281 e. The molecular formula is C20H42N2O. The van der Waals surface area contributed by atoms with Crippen LogP contribution in [0.2, 0.25) is 0 Å². The Hall–Kier alpha value is -0.570. The highest BCUT2D eigenvalue weighted by Gasteiger charge is 2.05. The summed E-state index contributed by atoms with van der Waals surface area (Å²) >= 11 is 0. The molecule has 0 bridgehead atoms. The molecule has 0 atom stereocenters. The first-order valence-corrected chi connectivity index (χ1v) is 10.3. The number of hydrazine groups is 1. The first kappa shape index (κ1) is 22.4. The van der Waals surface area contributed by atoms with Gasteiger partial charge in [0.05, 0.1) is 0 Å². The van der Waals surface area contributed by atoms with E-state index in [1.807, 2.05) is 6.92 Å². The number of amides is 1. The van der Waals surface area contributed by atoms with Gasteiger partial charge in [-0.2, -0.15) is 0 Å². The summed E-state index contributed by atoms with van der Waals surface area (Å²) in [6, 6.07) is 0. The number of hydrogen-bond donors (Lipinski definition) is 1. The van der Waals surface area contributed by atoms with Crippen LogP contribution in [0.25, 0.3) is 0 Å². The second-order valence-corrected chi connectivity index (χ2v) is 6.88. The lowest BCUT2D eigenvalue weighted by atomic mass is 10.0. The van der Waals surface area contributed by atoms with Gasteiger partial charge in [-0.15, -0.1) is 0 Å². The molecule has 23 heavy (non-hydrogen) atoms. The highest BCUT2D eigenvalue weighted by atomic mass is 16.2. The summed E-state index contributed by atoms with van der Waals surface area (Å²) in [6.45, 7) is 4.79. The Labute approximate surface area is 145 Å². The molecule has 0 aromatic rings. The molecule has 0 saturated heterocycles. The minimum atomic E-state index is 0.0854. The molecule has 0 unspecified atom stereocenters. The smallest absolute Gasteiger partial charge is 0.236 e. The van der Waals surface area contributed by atoms with Crippen molar-refractivity contribution in [1.82, 2.24) is 5.01 Å². The summed E-state index contributed by atoms with van der Waals surface area (Å²) in [6.07, 6.45) is 20.9. The number of unbranched alkanes of at least 4 members (excludes halogenated alkanes) is 14. The Kier molecular flexibility index (Phi) is 17.3. The SMILES string of the molecule is CCCCCCCCCCCCCCCCCC(=O)N(N)CC. The average Bonchev–Trinajstić information content (AvgIpc) is 2.57. The van der Waals surface area contributed by atoms with Gasteiger partial charge in [0.25, 0.3) is 0 Å². The van der Waals surface area contributed by atoms with E-state index in [4.69, 9.17) is 5.84 Å². The van der Waals surface area contributed by atoms with Crippen LogP contribution in [-0.4, -0.2) is 17.5 Å². The number of carbonyl (C=O) groups is 1. The molecule has 0 aromatic carbocycles. The fraction of sp³-hybridized carbons (Fsp3) is 0.950. The molecule has 2 N–H and O–H groups in total. The summed E-state index contributed by atoms with van der Waals surface area (Å²) < 4.78 is 0. The highest BCUT2D eigenvalue weighted by molar-refractivity contribution is 5.75. The first-order chi connectivity index (χ1) is 11.2. The van der Waals surface area contributed by atoms with Gasteiger partial charge < -0.3 is 0 Å². The average molecular weight is 327 g/mol. The molecule has 0 radical (unpaired) electrons. The van der Waals surface area contributed by atoms with Crippen molar-refractivity contribution >= 4 is 5.91 Å². The van der Waals surface area contributed by atoms with Crippen LogP contribution >= 0.6 is 0 Å². The van der Waals surface area contributed by atoms with Gasteiger partial charge >= 0.3 is 0 Å². The first-order valence-electron chi connectivity index (χ1n) is 10.3. The Morgan fingerprint density at radius 1 is 0.652 bits per heavy atom.